The molecule has 1 unspecified atom stereocenters. The molecule has 1 rings (SSSR count). The van der Waals surface area contributed by atoms with E-state index in [4.69, 9.17) is 4.74 Å². The van der Waals surface area contributed by atoms with Crippen molar-refractivity contribution >= 4 is 12.0 Å². The number of amides is 2. The zero-order valence-corrected chi connectivity index (χ0v) is 13.4. The largest absolute Gasteiger partial charge is 0.444 e. The highest BCUT2D eigenvalue weighted by Gasteiger charge is 2.27. The topological polar surface area (TPSA) is 67.4 Å². The van der Waals surface area contributed by atoms with Crippen molar-refractivity contribution in [3.05, 3.63) is 35.9 Å². The highest BCUT2D eigenvalue weighted by Crippen LogP contribution is 2.09. The van der Waals surface area contributed by atoms with E-state index in [0.717, 1.165) is 5.56 Å². The van der Waals surface area contributed by atoms with Crippen LogP contribution in [-0.2, 0) is 16.1 Å². The normalized spacial score (nSPS) is 12.6. The molecule has 0 heterocycles. The molecule has 0 spiro atoms. The van der Waals surface area contributed by atoms with Crippen LogP contribution in [-0.4, -0.2) is 30.1 Å². The molecular weight excluding hydrogens is 306 g/mol. The SMILES string of the molecule is CC(C)(C)OC(=O)NC(CC(F)F)C(=O)NCc1ccccc1. The molecule has 7 heteroatoms. The number of carbonyl (C=O) groups excluding carboxylic acids is 2. The number of nitrogens with one attached hydrogen (secondary N) is 2. The van der Waals surface area contributed by atoms with Gasteiger partial charge in [0.2, 0.25) is 12.3 Å². The summed E-state index contributed by atoms with van der Waals surface area (Å²) in [5.74, 6) is -0.681. The summed E-state index contributed by atoms with van der Waals surface area (Å²) in [7, 11) is 0. The van der Waals surface area contributed by atoms with Crippen LogP contribution in [0.3, 0.4) is 0 Å². The highest BCUT2D eigenvalue weighted by molar-refractivity contribution is 5.85. The number of hydrogen-bond donors (Lipinski definition) is 2. The van der Waals surface area contributed by atoms with Gasteiger partial charge in [-0.25, -0.2) is 13.6 Å². The molecule has 0 radical (unpaired) electrons. The van der Waals surface area contributed by atoms with Crippen LogP contribution in [0.1, 0.15) is 32.8 Å². The van der Waals surface area contributed by atoms with E-state index < -0.39 is 36.5 Å². The Morgan fingerprint density at radius 3 is 2.30 bits per heavy atom. The first-order valence-electron chi connectivity index (χ1n) is 7.26. The van der Waals surface area contributed by atoms with E-state index in [1.54, 1.807) is 45.0 Å². The lowest BCUT2D eigenvalue weighted by Gasteiger charge is -2.23. The fourth-order valence-electron chi connectivity index (χ4n) is 1.77. The summed E-state index contributed by atoms with van der Waals surface area (Å²) in [6.07, 6.45) is -4.41. The van der Waals surface area contributed by atoms with Gasteiger partial charge in [-0.1, -0.05) is 30.3 Å². The van der Waals surface area contributed by atoms with Gasteiger partial charge in [0.1, 0.15) is 11.6 Å². The first kappa shape index (κ1) is 18.9. The molecule has 128 valence electrons. The summed E-state index contributed by atoms with van der Waals surface area (Å²) in [6, 6.07) is 7.67. The zero-order chi connectivity index (χ0) is 17.5. The van der Waals surface area contributed by atoms with E-state index in [-0.39, 0.29) is 6.54 Å². The molecule has 0 saturated carbocycles. The van der Waals surface area contributed by atoms with E-state index in [2.05, 4.69) is 10.6 Å². The molecule has 2 amide bonds. The van der Waals surface area contributed by atoms with Gasteiger partial charge in [-0.3, -0.25) is 4.79 Å². The van der Waals surface area contributed by atoms with E-state index >= 15 is 0 Å². The van der Waals surface area contributed by atoms with Crippen molar-refractivity contribution in [2.45, 2.75) is 51.8 Å². The molecule has 0 aliphatic heterocycles. The molecule has 2 N–H and O–H groups in total. The number of halogens is 2. The van der Waals surface area contributed by atoms with Crippen LogP contribution < -0.4 is 10.6 Å². The number of rotatable bonds is 6. The summed E-state index contributed by atoms with van der Waals surface area (Å²) in [5, 5.41) is 4.72. The lowest BCUT2D eigenvalue weighted by atomic mass is 10.1. The third-order valence-corrected chi connectivity index (χ3v) is 2.73. The Hall–Kier alpha value is -2.18. The molecule has 5 nitrogen and oxygen atoms in total. The number of ether oxygens (including phenoxy) is 1. The number of benzene rings is 1. The van der Waals surface area contributed by atoms with Crippen molar-refractivity contribution in [1.29, 1.82) is 0 Å². The van der Waals surface area contributed by atoms with Crippen molar-refractivity contribution in [2.75, 3.05) is 0 Å². The standard InChI is InChI=1S/C16H22F2N2O3/c1-16(2,3)23-15(22)20-12(9-13(17)18)14(21)19-10-11-7-5-4-6-8-11/h4-8,12-13H,9-10H2,1-3H3,(H,19,21)(H,20,22). The van der Waals surface area contributed by atoms with Gasteiger partial charge in [0.25, 0.3) is 0 Å². The van der Waals surface area contributed by atoms with E-state index in [1.807, 2.05) is 6.07 Å². The maximum atomic E-state index is 12.6. The molecule has 0 aliphatic rings. The lowest BCUT2D eigenvalue weighted by molar-refractivity contribution is -0.124. The summed E-state index contributed by atoms with van der Waals surface area (Å²) in [5.41, 5.74) is 0.0499. The second-order valence-corrected chi connectivity index (χ2v) is 6.03. The third-order valence-electron chi connectivity index (χ3n) is 2.73. The summed E-state index contributed by atoms with van der Waals surface area (Å²) in [6.45, 7) is 5.12. The third kappa shape index (κ3) is 8.13. The maximum absolute atomic E-state index is 12.6. The molecule has 1 aromatic rings. The van der Waals surface area contributed by atoms with Crippen LogP contribution in [0.15, 0.2) is 30.3 Å². The van der Waals surface area contributed by atoms with Crippen LogP contribution in [0, 0.1) is 0 Å². The van der Waals surface area contributed by atoms with Gasteiger partial charge < -0.3 is 15.4 Å². The van der Waals surface area contributed by atoms with Gasteiger partial charge in [0, 0.05) is 13.0 Å². The minimum atomic E-state index is -2.72. The Balaban J connectivity index is 2.61. The first-order chi connectivity index (χ1) is 10.7. The zero-order valence-electron chi connectivity index (χ0n) is 13.4. The fourth-order valence-corrected chi connectivity index (χ4v) is 1.77. The highest BCUT2D eigenvalue weighted by atomic mass is 19.3. The Morgan fingerprint density at radius 1 is 1.17 bits per heavy atom. The number of alkyl halides is 2. The van der Waals surface area contributed by atoms with Crippen LogP contribution in [0.25, 0.3) is 0 Å². The minimum Gasteiger partial charge on any atom is -0.444 e. The predicted molar refractivity (Wildman–Crippen MR) is 82.1 cm³/mol. The Labute approximate surface area is 134 Å². The van der Waals surface area contributed by atoms with Crippen LogP contribution in [0.5, 0.6) is 0 Å². The van der Waals surface area contributed by atoms with E-state index in [9.17, 15) is 18.4 Å². The molecule has 0 saturated heterocycles. The van der Waals surface area contributed by atoms with Gasteiger partial charge in [-0.2, -0.15) is 0 Å². The lowest BCUT2D eigenvalue weighted by Crippen LogP contribution is -2.48. The average molecular weight is 328 g/mol. The molecule has 0 bridgehead atoms. The minimum absolute atomic E-state index is 0.190. The molecule has 0 aliphatic carbocycles. The summed E-state index contributed by atoms with van der Waals surface area (Å²) in [4.78, 5) is 23.7. The Bertz CT molecular complexity index is 516. The van der Waals surface area contributed by atoms with Gasteiger partial charge in [-0.15, -0.1) is 0 Å². The number of hydrogen-bond acceptors (Lipinski definition) is 3. The van der Waals surface area contributed by atoms with Gasteiger partial charge in [0.05, 0.1) is 0 Å². The van der Waals surface area contributed by atoms with Crippen molar-refractivity contribution in [1.82, 2.24) is 10.6 Å². The van der Waals surface area contributed by atoms with Crippen LogP contribution in [0.2, 0.25) is 0 Å². The average Bonchev–Trinajstić information content (AvgIpc) is 2.42. The Kier molecular flexibility index (Phi) is 6.93. The molecule has 23 heavy (non-hydrogen) atoms. The van der Waals surface area contributed by atoms with Gasteiger partial charge in [-0.05, 0) is 26.3 Å². The number of alkyl carbamates (subject to hydrolysis) is 1. The van der Waals surface area contributed by atoms with Crippen molar-refractivity contribution in [3.8, 4) is 0 Å². The van der Waals surface area contributed by atoms with Crippen molar-refractivity contribution < 1.29 is 23.1 Å². The quantitative estimate of drug-likeness (QED) is 0.844. The van der Waals surface area contributed by atoms with E-state index in [0.29, 0.717) is 0 Å². The molecule has 1 atom stereocenters. The predicted octanol–water partition coefficient (Wildman–Crippen LogP) is 2.85. The van der Waals surface area contributed by atoms with Crippen LogP contribution >= 0.6 is 0 Å². The number of carbonyl (C=O) groups is 2. The molecule has 0 fully saturated rings. The van der Waals surface area contributed by atoms with Crippen molar-refractivity contribution in [3.63, 3.8) is 0 Å². The molecular formula is C16H22F2N2O3. The van der Waals surface area contributed by atoms with E-state index in [1.165, 1.54) is 0 Å². The van der Waals surface area contributed by atoms with Crippen molar-refractivity contribution in [2.24, 2.45) is 0 Å². The maximum Gasteiger partial charge on any atom is 0.408 e. The molecule has 0 aromatic heterocycles. The monoisotopic (exact) mass is 328 g/mol. The molecule has 1 aromatic carbocycles. The fraction of sp³-hybridized carbons (Fsp3) is 0.500. The smallest absolute Gasteiger partial charge is 0.408 e. The van der Waals surface area contributed by atoms with Gasteiger partial charge in [0.15, 0.2) is 0 Å². The first-order valence-corrected chi connectivity index (χ1v) is 7.26. The summed E-state index contributed by atoms with van der Waals surface area (Å²) < 4.78 is 30.2. The second-order valence-electron chi connectivity index (χ2n) is 6.03. The van der Waals surface area contributed by atoms with Crippen LogP contribution in [0.4, 0.5) is 13.6 Å². The second kappa shape index (κ2) is 8.45. The Morgan fingerprint density at radius 2 is 1.78 bits per heavy atom. The summed E-state index contributed by atoms with van der Waals surface area (Å²) >= 11 is 0. The van der Waals surface area contributed by atoms with Gasteiger partial charge >= 0.3 is 6.09 Å².